The second kappa shape index (κ2) is 6.10. The molecule has 120 valence electrons. The number of carbonyl (C=O) groups is 1. The van der Waals surface area contributed by atoms with Gasteiger partial charge in [-0.2, -0.15) is 0 Å². The van der Waals surface area contributed by atoms with Crippen molar-refractivity contribution in [1.82, 2.24) is 0 Å². The monoisotopic (exact) mass is 318 g/mol. The second-order valence-corrected chi connectivity index (χ2v) is 6.07. The van der Waals surface area contributed by atoms with Gasteiger partial charge in [-0.1, -0.05) is 54.6 Å². The molecular weight excluding hydrogens is 300 g/mol. The van der Waals surface area contributed by atoms with Crippen molar-refractivity contribution in [2.75, 3.05) is 13.2 Å². The fraction of sp³-hybridized carbons (Fsp3) is 0.190. The summed E-state index contributed by atoms with van der Waals surface area (Å²) in [6, 6.07) is 20.5. The number of carbonyl (C=O) groups excluding carboxylic acids is 1. The molecule has 4 rings (SSSR count). The third-order valence-corrected chi connectivity index (χ3v) is 4.70. The van der Waals surface area contributed by atoms with Crippen molar-refractivity contribution in [2.45, 2.75) is 12.3 Å². The van der Waals surface area contributed by atoms with Gasteiger partial charge in [-0.3, -0.25) is 0 Å². The molecule has 0 radical (unpaired) electrons. The smallest absolute Gasteiger partial charge is 0.338 e. The van der Waals surface area contributed by atoms with Crippen molar-refractivity contribution in [2.24, 2.45) is 0 Å². The molecule has 0 aromatic heterocycles. The highest BCUT2D eigenvalue weighted by Gasteiger charge is 2.27. The van der Waals surface area contributed by atoms with E-state index in [-0.39, 0.29) is 19.2 Å². The van der Waals surface area contributed by atoms with Gasteiger partial charge in [0.25, 0.3) is 0 Å². The van der Waals surface area contributed by atoms with Gasteiger partial charge in [0, 0.05) is 5.92 Å². The maximum Gasteiger partial charge on any atom is 0.338 e. The molecule has 0 saturated carbocycles. The molecule has 1 atom stereocenters. The van der Waals surface area contributed by atoms with Crippen LogP contribution in [0, 0.1) is 0 Å². The third-order valence-electron chi connectivity index (χ3n) is 4.70. The van der Waals surface area contributed by atoms with Crippen LogP contribution < -0.4 is 0 Å². The fourth-order valence-corrected chi connectivity index (χ4v) is 3.68. The number of hydrogen-bond acceptors (Lipinski definition) is 3. The second-order valence-electron chi connectivity index (χ2n) is 6.07. The maximum absolute atomic E-state index is 12.3. The minimum absolute atomic E-state index is 0.0222. The lowest BCUT2D eigenvalue weighted by atomic mass is 9.91. The molecule has 0 saturated heterocycles. The predicted molar refractivity (Wildman–Crippen MR) is 93.3 cm³/mol. The largest absolute Gasteiger partial charge is 0.460 e. The van der Waals surface area contributed by atoms with E-state index in [1.54, 1.807) is 0 Å². The Morgan fingerprint density at radius 3 is 2.67 bits per heavy atom. The molecule has 1 unspecified atom stereocenters. The van der Waals surface area contributed by atoms with Crippen LogP contribution in [0.2, 0.25) is 0 Å². The van der Waals surface area contributed by atoms with E-state index in [9.17, 15) is 4.79 Å². The Balaban J connectivity index is 1.83. The van der Waals surface area contributed by atoms with E-state index in [2.05, 4.69) is 30.3 Å². The minimum Gasteiger partial charge on any atom is -0.460 e. The topological polar surface area (TPSA) is 46.5 Å². The Morgan fingerprint density at radius 2 is 1.88 bits per heavy atom. The molecule has 1 aliphatic rings. The van der Waals surface area contributed by atoms with Gasteiger partial charge in [0.05, 0.1) is 12.2 Å². The Bertz CT molecular complexity index is 900. The molecule has 3 nitrogen and oxygen atoms in total. The molecule has 0 heterocycles. The van der Waals surface area contributed by atoms with Crippen LogP contribution in [0.4, 0.5) is 0 Å². The van der Waals surface area contributed by atoms with Gasteiger partial charge in [0.2, 0.25) is 0 Å². The van der Waals surface area contributed by atoms with Crippen LogP contribution in [-0.2, 0) is 11.2 Å². The van der Waals surface area contributed by atoms with Crippen LogP contribution >= 0.6 is 0 Å². The molecule has 3 heteroatoms. The van der Waals surface area contributed by atoms with Crippen LogP contribution in [0.15, 0.2) is 60.7 Å². The van der Waals surface area contributed by atoms with Crippen molar-refractivity contribution in [1.29, 1.82) is 0 Å². The van der Waals surface area contributed by atoms with Gasteiger partial charge in [-0.25, -0.2) is 4.79 Å². The van der Waals surface area contributed by atoms with Gasteiger partial charge in [0.15, 0.2) is 0 Å². The quantitative estimate of drug-likeness (QED) is 0.747. The van der Waals surface area contributed by atoms with E-state index in [0.29, 0.717) is 11.5 Å². The van der Waals surface area contributed by atoms with Crippen molar-refractivity contribution < 1.29 is 14.6 Å². The number of ether oxygens (including phenoxy) is 1. The first-order valence-electron chi connectivity index (χ1n) is 8.17. The molecule has 0 aliphatic heterocycles. The highest BCUT2D eigenvalue weighted by molar-refractivity contribution is 6.07. The fourth-order valence-electron chi connectivity index (χ4n) is 3.68. The number of aliphatic hydroxyl groups is 1. The van der Waals surface area contributed by atoms with Crippen molar-refractivity contribution in [3.8, 4) is 0 Å². The van der Waals surface area contributed by atoms with E-state index in [0.717, 1.165) is 11.8 Å². The Morgan fingerprint density at radius 1 is 1.04 bits per heavy atom. The summed E-state index contributed by atoms with van der Waals surface area (Å²) in [4.78, 5) is 12.3. The van der Waals surface area contributed by atoms with Gasteiger partial charge in [-0.15, -0.1) is 0 Å². The molecule has 0 bridgehead atoms. The van der Waals surface area contributed by atoms with Crippen LogP contribution in [0.1, 0.15) is 33.0 Å². The molecule has 0 spiro atoms. The molecule has 0 amide bonds. The summed E-state index contributed by atoms with van der Waals surface area (Å²) in [5.74, 6) is -0.0514. The number of aliphatic hydroxyl groups excluding tert-OH is 1. The average molecular weight is 318 g/mol. The number of benzene rings is 3. The van der Waals surface area contributed by atoms with E-state index in [4.69, 9.17) is 9.84 Å². The lowest BCUT2D eigenvalue weighted by Crippen LogP contribution is -2.09. The maximum atomic E-state index is 12.3. The van der Waals surface area contributed by atoms with Gasteiger partial charge in [-0.05, 0) is 39.9 Å². The lowest BCUT2D eigenvalue weighted by Gasteiger charge is -2.13. The van der Waals surface area contributed by atoms with Crippen molar-refractivity contribution >= 4 is 16.7 Å². The summed E-state index contributed by atoms with van der Waals surface area (Å²) >= 11 is 0. The number of rotatable bonds is 4. The Labute approximate surface area is 140 Å². The summed E-state index contributed by atoms with van der Waals surface area (Å²) in [7, 11) is 0. The predicted octanol–water partition coefficient (Wildman–Crippen LogP) is 3.68. The zero-order chi connectivity index (χ0) is 16.5. The molecule has 0 fully saturated rings. The zero-order valence-electron chi connectivity index (χ0n) is 13.2. The summed E-state index contributed by atoms with van der Waals surface area (Å²) in [6.07, 6.45) is 0.950. The standard InChI is InChI=1S/C21H18O3/c22-11-12-24-21(23)18-10-9-17-19(14-5-2-1-3-6-14)13-15-7-4-8-16(18)20(15)17/h1-10,19,22H,11-13H2. The summed E-state index contributed by atoms with van der Waals surface area (Å²) < 4.78 is 5.11. The van der Waals surface area contributed by atoms with E-state index in [1.807, 2.05) is 30.3 Å². The molecule has 24 heavy (non-hydrogen) atoms. The summed E-state index contributed by atoms with van der Waals surface area (Å²) in [6.45, 7) is -0.141. The Hall–Kier alpha value is -2.65. The molecule has 3 aromatic rings. The zero-order valence-corrected chi connectivity index (χ0v) is 13.2. The van der Waals surface area contributed by atoms with Crippen molar-refractivity contribution in [3.63, 3.8) is 0 Å². The summed E-state index contributed by atoms with van der Waals surface area (Å²) in [5, 5.41) is 11.0. The number of hydrogen-bond donors (Lipinski definition) is 1. The first-order valence-corrected chi connectivity index (χ1v) is 8.17. The SMILES string of the molecule is O=C(OCCO)c1ccc2c3c(cccc13)CC2c1ccccc1. The number of esters is 1. The van der Waals surface area contributed by atoms with Crippen LogP contribution in [0.5, 0.6) is 0 Å². The highest BCUT2D eigenvalue weighted by Crippen LogP contribution is 2.42. The first kappa shape index (κ1) is 14.9. The van der Waals surface area contributed by atoms with Crippen molar-refractivity contribution in [3.05, 3.63) is 82.9 Å². The van der Waals surface area contributed by atoms with E-state index in [1.165, 1.54) is 22.1 Å². The normalized spacial score (nSPS) is 15.6. The van der Waals surface area contributed by atoms with Crippen LogP contribution in [0.3, 0.4) is 0 Å². The average Bonchev–Trinajstić information content (AvgIpc) is 3.01. The van der Waals surface area contributed by atoms with Gasteiger partial charge < -0.3 is 9.84 Å². The molecule has 1 N–H and O–H groups in total. The minimum atomic E-state index is -0.379. The highest BCUT2D eigenvalue weighted by atomic mass is 16.5. The summed E-state index contributed by atoms with van der Waals surface area (Å²) in [5.41, 5.74) is 4.40. The molecule has 1 aliphatic carbocycles. The van der Waals surface area contributed by atoms with Crippen LogP contribution in [-0.4, -0.2) is 24.3 Å². The van der Waals surface area contributed by atoms with E-state index < -0.39 is 0 Å². The first-order chi connectivity index (χ1) is 11.8. The Kier molecular flexibility index (Phi) is 3.79. The molecular formula is C21H18O3. The third kappa shape index (κ3) is 2.38. The van der Waals surface area contributed by atoms with Crippen LogP contribution in [0.25, 0.3) is 10.8 Å². The molecule has 3 aromatic carbocycles. The lowest BCUT2D eigenvalue weighted by molar-refractivity contribution is 0.0436. The van der Waals surface area contributed by atoms with Gasteiger partial charge >= 0.3 is 5.97 Å². The van der Waals surface area contributed by atoms with E-state index >= 15 is 0 Å². The van der Waals surface area contributed by atoms with Gasteiger partial charge in [0.1, 0.15) is 6.61 Å².